The molecule has 0 aliphatic carbocycles. The molecule has 2 unspecified atom stereocenters. The number of hydrogen-bond acceptors (Lipinski definition) is 2. The minimum absolute atomic E-state index is 0.334. The first kappa shape index (κ1) is 14.0. The molecule has 0 aliphatic rings. The van der Waals surface area contributed by atoms with Crippen LogP contribution in [-0.4, -0.2) is 17.8 Å². The van der Waals surface area contributed by atoms with Crippen LogP contribution in [0.4, 0.5) is 0 Å². The van der Waals surface area contributed by atoms with E-state index >= 15 is 0 Å². The van der Waals surface area contributed by atoms with Gasteiger partial charge in [0.05, 0.1) is 12.7 Å². The van der Waals surface area contributed by atoms with Crippen LogP contribution in [0.25, 0.3) is 0 Å². The van der Waals surface area contributed by atoms with E-state index in [0.29, 0.717) is 5.92 Å². The van der Waals surface area contributed by atoms with Crippen LogP contribution in [0.1, 0.15) is 39.2 Å². The molecule has 1 aromatic rings. The van der Waals surface area contributed by atoms with E-state index < -0.39 is 5.60 Å². The number of rotatable bonds is 6. The van der Waals surface area contributed by atoms with Crippen LogP contribution in [0, 0.1) is 5.92 Å². The van der Waals surface area contributed by atoms with Gasteiger partial charge in [0.15, 0.2) is 0 Å². The number of aliphatic hydroxyl groups is 1. The van der Waals surface area contributed by atoms with Gasteiger partial charge < -0.3 is 9.84 Å². The second-order valence-electron chi connectivity index (χ2n) is 5.01. The van der Waals surface area contributed by atoms with Crippen molar-refractivity contribution >= 4 is 0 Å². The average Bonchev–Trinajstić information content (AvgIpc) is 2.36. The molecule has 17 heavy (non-hydrogen) atoms. The Kier molecular flexibility index (Phi) is 5.01. The van der Waals surface area contributed by atoms with Gasteiger partial charge >= 0.3 is 0 Å². The molecule has 0 fully saturated rings. The van der Waals surface area contributed by atoms with Crippen molar-refractivity contribution < 1.29 is 9.84 Å². The van der Waals surface area contributed by atoms with Crippen molar-refractivity contribution in [1.29, 1.82) is 0 Å². The zero-order chi connectivity index (χ0) is 12.9. The monoisotopic (exact) mass is 236 g/mol. The Bertz CT molecular complexity index is 327. The van der Waals surface area contributed by atoms with Crippen molar-refractivity contribution in [2.75, 3.05) is 7.11 Å². The maximum absolute atomic E-state index is 10.3. The fourth-order valence-corrected chi connectivity index (χ4v) is 1.88. The molecule has 2 heteroatoms. The highest BCUT2D eigenvalue weighted by Gasteiger charge is 2.26. The summed E-state index contributed by atoms with van der Waals surface area (Å²) in [4.78, 5) is 0. The lowest BCUT2D eigenvalue weighted by Crippen LogP contribution is -2.32. The molecule has 2 atom stereocenters. The Balaban J connectivity index is 2.54. The molecular formula is C15H24O2. The van der Waals surface area contributed by atoms with Crippen molar-refractivity contribution in [1.82, 2.24) is 0 Å². The standard InChI is InChI=1S/C15H24O2/c1-5-12(2)15(3,16)11-10-13-6-8-14(17-4)9-7-13/h6-9,12,16H,5,10-11H2,1-4H3. The van der Waals surface area contributed by atoms with Crippen LogP contribution in [0.2, 0.25) is 0 Å². The smallest absolute Gasteiger partial charge is 0.118 e. The molecule has 96 valence electrons. The third-order valence-electron chi connectivity index (χ3n) is 3.75. The van der Waals surface area contributed by atoms with Gasteiger partial charge in [-0.3, -0.25) is 0 Å². The van der Waals surface area contributed by atoms with Gasteiger partial charge in [0, 0.05) is 0 Å². The van der Waals surface area contributed by atoms with Gasteiger partial charge in [0.2, 0.25) is 0 Å². The van der Waals surface area contributed by atoms with Crippen molar-refractivity contribution in [3.8, 4) is 5.75 Å². The second-order valence-corrected chi connectivity index (χ2v) is 5.01. The first-order valence-corrected chi connectivity index (χ1v) is 6.35. The summed E-state index contributed by atoms with van der Waals surface area (Å²) < 4.78 is 5.12. The van der Waals surface area contributed by atoms with Crippen LogP contribution in [0.5, 0.6) is 5.75 Å². The predicted molar refractivity (Wildman–Crippen MR) is 71.4 cm³/mol. The van der Waals surface area contributed by atoms with E-state index in [1.54, 1.807) is 7.11 Å². The highest BCUT2D eigenvalue weighted by atomic mass is 16.5. The molecule has 0 amide bonds. The molecule has 0 aliphatic heterocycles. The average molecular weight is 236 g/mol. The third-order valence-corrected chi connectivity index (χ3v) is 3.75. The molecule has 0 saturated carbocycles. The van der Waals surface area contributed by atoms with E-state index in [-0.39, 0.29) is 0 Å². The molecule has 0 saturated heterocycles. The lowest BCUT2D eigenvalue weighted by molar-refractivity contribution is -0.00284. The third kappa shape index (κ3) is 4.04. The van der Waals surface area contributed by atoms with E-state index in [2.05, 4.69) is 26.0 Å². The van der Waals surface area contributed by atoms with E-state index in [1.165, 1.54) is 5.56 Å². The van der Waals surface area contributed by atoms with E-state index in [4.69, 9.17) is 4.74 Å². The summed E-state index contributed by atoms with van der Waals surface area (Å²) in [7, 11) is 1.67. The molecular weight excluding hydrogens is 212 g/mol. The number of methoxy groups -OCH3 is 1. The zero-order valence-corrected chi connectivity index (χ0v) is 11.4. The van der Waals surface area contributed by atoms with Crippen LogP contribution >= 0.6 is 0 Å². The van der Waals surface area contributed by atoms with Gasteiger partial charge in [-0.15, -0.1) is 0 Å². The Morgan fingerprint density at radius 1 is 1.29 bits per heavy atom. The van der Waals surface area contributed by atoms with E-state index in [9.17, 15) is 5.11 Å². The highest BCUT2D eigenvalue weighted by molar-refractivity contribution is 5.27. The molecule has 0 spiro atoms. The summed E-state index contributed by atoms with van der Waals surface area (Å²) in [6.07, 6.45) is 2.71. The largest absolute Gasteiger partial charge is 0.497 e. The first-order valence-electron chi connectivity index (χ1n) is 6.35. The highest BCUT2D eigenvalue weighted by Crippen LogP contribution is 2.25. The van der Waals surface area contributed by atoms with Gasteiger partial charge in [-0.2, -0.15) is 0 Å². The van der Waals surface area contributed by atoms with Gasteiger partial charge in [0.25, 0.3) is 0 Å². The van der Waals surface area contributed by atoms with Crippen LogP contribution < -0.4 is 4.74 Å². The second kappa shape index (κ2) is 6.06. The van der Waals surface area contributed by atoms with Crippen molar-refractivity contribution in [3.05, 3.63) is 29.8 Å². The SMILES string of the molecule is CCC(C)C(C)(O)CCc1ccc(OC)cc1. The summed E-state index contributed by atoms with van der Waals surface area (Å²) in [5, 5.41) is 10.3. The number of ether oxygens (including phenoxy) is 1. The molecule has 0 radical (unpaired) electrons. The predicted octanol–water partition coefficient (Wildman–Crippen LogP) is 3.42. The first-order chi connectivity index (χ1) is 7.99. The van der Waals surface area contributed by atoms with Gasteiger partial charge in [-0.05, 0) is 43.4 Å². The molecule has 0 aromatic heterocycles. The summed E-state index contributed by atoms with van der Waals surface area (Å²) in [6, 6.07) is 8.05. The topological polar surface area (TPSA) is 29.5 Å². The zero-order valence-electron chi connectivity index (χ0n) is 11.4. The Labute approximate surface area is 105 Å². The minimum atomic E-state index is -0.575. The van der Waals surface area contributed by atoms with Crippen LogP contribution in [0.3, 0.4) is 0 Å². The van der Waals surface area contributed by atoms with Crippen molar-refractivity contribution in [2.24, 2.45) is 5.92 Å². The Morgan fingerprint density at radius 3 is 2.35 bits per heavy atom. The van der Waals surface area contributed by atoms with Gasteiger partial charge in [-0.1, -0.05) is 32.4 Å². The van der Waals surface area contributed by atoms with E-state index in [0.717, 1.165) is 25.0 Å². The summed E-state index contributed by atoms with van der Waals surface area (Å²) in [5.41, 5.74) is 0.670. The fourth-order valence-electron chi connectivity index (χ4n) is 1.88. The summed E-state index contributed by atoms with van der Waals surface area (Å²) >= 11 is 0. The maximum Gasteiger partial charge on any atom is 0.118 e. The lowest BCUT2D eigenvalue weighted by Gasteiger charge is -2.29. The number of benzene rings is 1. The maximum atomic E-state index is 10.3. The molecule has 0 bridgehead atoms. The summed E-state index contributed by atoms with van der Waals surface area (Å²) in [6.45, 7) is 6.16. The Hall–Kier alpha value is -1.02. The lowest BCUT2D eigenvalue weighted by atomic mass is 9.84. The molecule has 2 nitrogen and oxygen atoms in total. The molecule has 0 heterocycles. The minimum Gasteiger partial charge on any atom is -0.497 e. The molecule has 1 N–H and O–H groups in total. The quantitative estimate of drug-likeness (QED) is 0.820. The summed E-state index contributed by atoms with van der Waals surface area (Å²) in [5.74, 6) is 1.21. The van der Waals surface area contributed by atoms with Gasteiger partial charge in [-0.25, -0.2) is 0 Å². The van der Waals surface area contributed by atoms with Crippen molar-refractivity contribution in [3.63, 3.8) is 0 Å². The number of hydrogen-bond donors (Lipinski definition) is 1. The molecule has 1 rings (SSSR count). The Morgan fingerprint density at radius 2 is 1.88 bits per heavy atom. The van der Waals surface area contributed by atoms with E-state index in [1.807, 2.05) is 19.1 Å². The van der Waals surface area contributed by atoms with Crippen LogP contribution in [-0.2, 0) is 6.42 Å². The normalized spacial score (nSPS) is 16.3. The molecule has 1 aromatic carbocycles. The van der Waals surface area contributed by atoms with Crippen LogP contribution in [0.15, 0.2) is 24.3 Å². The van der Waals surface area contributed by atoms with Crippen molar-refractivity contribution in [2.45, 2.75) is 45.6 Å². The fraction of sp³-hybridized carbons (Fsp3) is 0.600. The van der Waals surface area contributed by atoms with Gasteiger partial charge in [0.1, 0.15) is 5.75 Å². The number of aryl methyl sites for hydroxylation is 1.